The molecule has 0 saturated carbocycles. The van der Waals surface area contributed by atoms with Gasteiger partial charge in [0.1, 0.15) is 0 Å². The van der Waals surface area contributed by atoms with Crippen LogP contribution in [0.25, 0.3) is 11.4 Å². The summed E-state index contributed by atoms with van der Waals surface area (Å²) in [6.45, 7) is 4.53. The Morgan fingerprint density at radius 2 is 2.04 bits per heavy atom. The Balaban J connectivity index is 1.63. The van der Waals surface area contributed by atoms with Crippen LogP contribution >= 0.6 is 0 Å². The highest BCUT2D eigenvalue weighted by molar-refractivity contribution is 7.89. The molecule has 0 bridgehead atoms. The molecule has 1 aliphatic heterocycles. The first-order valence-electron chi connectivity index (χ1n) is 9.42. The number of nitrogens with zero attached hydrogens (tertiary/aromatic N) is 4. The maximum absolute atomic E-state index is 12.8. The second-order valence-corrected chi connectivity index (χ2v) is 9.43. The molecule has 1 saturated heterocycles. The van der Waals surface area contributed by atoms with Crippen molar-refractivity contribution in [2.45, 2.75) is 33.2 Å². The lowest BCUT2D eigenvalue weighted by Gasteiger charge is -2.32. The summed E-state index contributed by atoms with van der Waals surface area (Å²) in [5.74, 6) is 0.424. The molecule has 0 aliphatic carbocycles. The van der Waals surface area contributed by atoms with Crippen LogP contribution in [0, 0.1) is 12.8 Å². The van der Waals surface area contributed by atoms with Gasteiger partial charge in [0.15, 0.2) is 0 Å². The van der Waals surface area contributed by atoms with Crippen LogP contribution in [-0.2, 0) is 21.4 Å². The molecule has 0 radical (unpaired) electrons. The van der Waals surface area contributed by atoms with Crippen LogP contribution in [0.5, 0.6) is 0 Å². The largest absolute Gasteiger partial charge is 0.337 e. The molecule has 0 spiro atoms. The van der Waals surface area contributed by atoms with Crippen molar-refractivity contribution in [2.75, 3.05) is 25.9 Å². The van der Waals surface area contributed by atoms with Crippen molar-refractivity contribution in [1.82, 2.24) is 19.3 Å². The molecule has 1 aliphatic rings. The van der Waals surface area contributed by atoms with Gasteiger partial charge in [0, 0.05) is 25.7 Å². The van der Waals surface area contributed by atoms with Gasteiger partial charge in [-0.15, -0.1) is 0 Å². The first kappa shape index (κ1) is 20.5. The van der Waals surface area contributed by atoms with Crippen LogP contribution < -0.4 is 0 Å². The van der Waals surface area contributed by atoms with E-state index in [1.165, 1.54) is 9.21 Å². The molecule has 152 valence electrons. The SMILES string of the molecule is CCS(=O)(=O)N1CCC[C@H](C(=O)N(C)Cc2nc(-c3ccc(C)cc3)no2)C1. The third-order valence-electron chi connectivity index (χ3n) is 5.02. The van der Waals surface area contributed by atoms with Gasteiger partial charge < -0.3 is 9.42 Å². The summed E-state index contributed by atoms with van der Waals surface area (Å²) >= 11 is 0. The molecule has 0 unspecified atom stereocenters. The lowest BCUT2D eigenvalue weighted by atomic mass is 9.98. The molecular formula is C19H26N4O4S. The molecule has 28 heavy (non-hydrogen) atoms. The van der Waals surface area contributed by atoms with Crippen molar-refractivity contribution < 1.29 is 17.7 Å². The number of carbonyl (C=O) groups is 1. The fraction of sp³-hybridized carbons (Fsp3) is 0.526. The summed E-state index contributed by atoms with van der Waals surface area (Å²) in [7, 11) is -1.61. The van der Waals surface area contributed by atoms with Gasteiger partial charge >= 0.3 is 0 Å². The van der Waals surface area contributed by atoms with Crippen LogP contribution in [0.2, 0.25) is 0 Å². The second-order valence-electron chi connectivity index (χ2n) is 7.17. The van der Waals surface area contributed by atoms with Crippen LogP contribution in [0.15, 0.2) is 28.8 Å². The van der Waals surface area contributed by atoms with E-state index in [4.69, 9.17) is 4.52 Å². The predicted octanol–water partition coefficient (Wildman–Crippen LogP) is 2.07. The summed E-state index contributed by atoms with van der Waals surface area (Å²) in [5, 5.41) is 3.98. The summed E-state index contributed by atoms with van der Waals surface area (Å²) in [6, 6.07) is 7.79. The zero-order chi connectivity index (χ0) is 20.3. The van der Waals surface area contributed by atoms with Crippen LogP contribution in [0.1, 0.15) is 31.2 Å². The predicted molar refractivity (Wildman–Crippen MR) is 105 cm³/mol. The molecule has 1 aromatic carbocycles. The van der Waals surface area contributed by atoms with Crippen LogP contribution in [0.3, 0.4) is 0 Å². The van der Waals surface area contributed by atoms with E-state index in [2.05, 4.69) is 10.1 Å². The van der Waals surface area contributed by atoms with Gasteiger partial charge in [-0.05, 0) is 26.7 Å². The Morgan fingerprint density at radius 3 is 2.71 bits per heavy atom. The third-order valence-corrected chi connectivity index (χ3v) is 6.87. The average Bonchev–Trinajstić information content (AvgIpc) is 3.16. The Bertz CT molecular complexity index is 924. The number of aryl methyl sites for hydroxylation is 1. The van der Waals surface area contributed by atoms with Gasteiger partial charge in [0.25, 0.3) is 0 Å². The number of hydrogen-bond acceptors (Lipinski definition) is 6. The molecular weight excluding hydrogens is 380 g/mol. The molecule has 0 N–H and O–H groups in total. The Hall–Kier alpha value is -2.26. The number of sulfonamides is 1. The van der Waals surface area contributed by atoms with E-state index in [0.29, 0.717) is 31.1 Å². The molecule has 1 atom stereocenters. The lowest BCUT2D eigenvalue weighted by Crippen LogP contribution is -2.46. The first-order valence-corrected chi connectivity index (χ1v) is 11.0. The minimum absolute atomic E-state index is 0.0491. The molecule has 3 rings (SSSR count). The van der Waals surface area contributed by atoms with E-state index >= 15 is 0 Å². The number of carbonyl (C=O) groups excluding carboxylic acids is 1. The summed E-state index contributed by atoms with van der Waals surface area (Å²) in [4.78, 5) is 18.7. The van der Waals surface area contributed by atoms with E-state index in [1.807, 2.05) is 31.2 Å². The number of amides is 1. The molecule has 9 heteroatoms. The van der Waals surface area contributed by atoms with E-state index in [0.717, 1.165) is 11.1 Å². The number of benzene rings is 1. The zero-order valence-electron chi connectivity index (χ0n) is 16.5. The number of piperidine rings is 1. The van der Waals surface area contributed by atoms with Crippen molar-refractivity contribution in [2.24, 2.45) is 5.92 Å². The highest BCUT2D eigenvalue weighted by atomic mass is 32.2. The Morgan fingerprint density at radius 1 is 1.32 bits per heavy atom. The standard InChI is InChI=1S/C19H26N4O4S/c1-4-28(25,26)23-11-5-6-16(12-23)19(24)22(3)13-17-20-18(21-27-17)15-9-7-14(2)8-10-15/h7-10,16H,4-6,11-13H2,1-3H3/t16-/m0/s1. The van der Waals surface area contributed by atoms with E-state index < -0.39 is 10.0 Å². The summed E-state index contributed by atoms with van der Waals surface area (Å²) < 4.78 is 30.9. The number of rotatable bonds is 6. The molecule has 1 aromatic heterocycles. The van der Waals surface area contributed by atoms with Gasteiger partial charge in [0.2, 0.25) is 27.6 Å². The van der Waals surface area contributed by atoms with Crippen molar-refractivity contribution in [1.29, 1.82) is 0 Å². The first-order chi connectivity index (χ1) is 13.3. The van der Waals surface area contributed by atoms with Crippen molar-refractivity contribution in [3.05, 3.63) is 35.7 Å². The third kappa shape index (κ3) is 4.59. The van der Waals surface area contributed by atoms with Gasteiger partial charge in [-0.25, -0.2) is 12.7 Å². The zero-order valence-corrected chi connectivity index (χ0v) is 17.3. The molecule has 1 fully saturated rings. The van der Waals surface area contributed by atoms with E-state index in [9.17, 15) is 13.2 Å². The van der Waals surface area contributed by atoms with Gasteiger partial charge in [-0.1, -0.05) is 35.0 Å². The topological polar surface area (TPSA) is 96.6 Å². The van der Waals surface area contributed by atoms with Crippen molar-refractivity contribution >= 4 is 15.9 Å². The fourth-order valence-corrected chi connectivity index (χ4v) is 4.49. The maximum Gasteiger partial charge on any atom is 0.246 e. The van der Waals surface area contributed by atoms with E-state index in [-0.39, 0.29) is 30.7 Å². The monoisotopic (exact) mass is 406 g/mol. The molecule has 1 amide bonds. The van der Waals surface area contributed by atoms with Crippen LogP contribution in [0.4, 0.5) is 0 Å². The second kappa shape index (κ2) is 8.40. The Kier molecular flexibility index (Phi) is 6.14. The van der Waals surface area contributed by atoms with Crippen LogP contribution in [-0.4, -0.2) is 59.6 Å². The molecule has 2 heterocycles. The smallest absolute Gasteiger partial charge is 0.246 e. The normalized spacial score (nSPS) is 18.2. The van der Waals surface area contributed by atoms with Crippen molar-refractivity contribution in [3.63, 3.8) is 0 Å². The number of aromatic nitrogens is 2. The minimum Gasteiger partial charge on any atom is -0.337 e. The van der Waals surface area contributed by atoms with Crippen molar-refractivity contribution in [3.8, 4) is 11.4 Å². The fourth-order valence-electron chi connectivity index (χ4n) is 3.31. The summed E-state index contributed by atoms with van der Waals surface area (Å²) in [5.41, 5.74) is 1.99. The van der Waals surface area contributed by atoms with E-state index in [1.54, 1.807) is 14.0 Å². The average molecular weight is 407 g/mol. The van der Waals surface area contributed by atoms with Gasteiger partial charge in [-0.2, -0.15) is 4.98 Å². The maximum atomic E-state index is 12.8. The highest BCUT2D eigenvalue weighted by Crippen LogP contribution is 2.22. The lowest BCUT2D eigenvalue weighted by molar-refractivity contribution is -0.136. The Labute approximate surface area is 165 Å². The van der Waals surface area contributed by atoms with Gasteiger partial charge in [0.05, 0.1) is 18.2 Å². The number of hydrogen-bond donors (Lipinski definition) is 0. The molecule has 2 aromatic rings. The highest BCUT2D eigenvalue weighted by Gasteiger charge is 2.33. The summed E-state index contributed by atoms with van der Waals surface area (Å²) in [6.07, 6.45) is 1.36. The quantitative estimate of drug-likeness (QED) is 0.729. The molecule has 8 nitrogen and oxygen atoms in total. The van der Waals surface area contributed by atoms with Gasteiger partial charge in [-0.3, -0.25) is 4.79 Å². The minimum atomic E-state index is -3.28.